The van der Waals surface area contributed by atoms with Gasteiger partial charge in [-0.05, 0) is 6.42 Å². The van der Waals surface area contributed by atoms with Crippen molar-refractivity contribution in [1.29, 1.82) is 0 Å². The Labute approximate surface area is 97.0 Å². The normalized spacial score (nSPS) is 13.4. The van der Waals surface area contributed by atoms with E-state index >= 15 is 0 Å². The third-order valence-electron chi connectivity index (χ3n) is 1.97. The largest absolute Gasteiger partial charge is 0.354 e. The van der Waals surface area contributed by atoms with E-state index in [1.165, 1.54) is 0 Å². The van der Waals surface area contributed by atoms with Crippen LogP contribution >= 0.6 is 0 Å². The van der Waals surface area contributed by atoms with Crippen LogP contribution in [0, 0.1) is 0 Å². The molecule has 0 unspecified atom stereocenters. The van der Waals surface area contributed by atoms with E-state index in [0.29, 0.717) is 13.0 Å². The van der Waals surface area contributed by atoms with Crippen molar-refractivity contribution in [2.24, 2.45) is 5.73 Å². The minimum Gasteiger partial charge on any atom is -0.354 e. The number of sulfonamides is 1. The monoisotopic (exact) mass is 251 g/mol. The van der Waals surface area contributed by atoms with Gasteiger partial charge in [0.05, 0.1) is 11.8 Å². The minimum absolute atomic E-state index is 0.0889. The predicted octanol–water partition coefficient (Wildman–Crippen LogP) is -0.831. The smallest absolute Gasteiger partial charge is 0.236 e. The Hall–Kier alpha value is -0.660. The van der Waals surface area contributed by atoms with Gasteiger partial charge >= 0.3 is 0 Å². The zero-order chi connectivity index (χ0) is 12.6. The first-order chi connectivity index (χ1) is 7.43. The van der Waals surface area contributed by atoms with Crippen molar-refractivity contribution < 1.29 is 13.2 Å². The quantitative estimate of drug-likeness (QED) is 0.524. The molecule has 0 fully saturated rings. The average molecular weight is 251 g/mol. The third kappa shape index (κ3) is 6.76. The second kappa shape index (κ2) is 7.59. The molecule has 0 radical (unpaired) electrons. The molecule has 0 aliphatic rings. The molecule has 0 aromatic carbocycles. The molecule has 0 bridgehead atoms. The SMILES string of the molecule is CCC[C@H](N)C(=O)NCCS(=O)(=O)NCC. The van der Waals surface area contributed by atoms with Crippen molar-refractivity contribution in [3.8, 4) is 0 Å². The Morgan fingerprint density at radius 1 is 1.38 bits per heavy atom. The first-order valence-electron chi connectivity index (χ1n) is 5.43. The summed E-state index contributed by atoms with van der Waals surface area (Å²) in [5, 5.41) is 2.50. The Kier molecular flexibility index (Phi) is 7.27. The summed E-state index contributed by atoms with van der Waals surface area (Å²) in [7, 11) is -3.27. The van der Waals surface area contributed by atoms with Crippen LogP contribution < -0.4 is 15.8 Å². The van der Waals surface area contributed by atoms with Crippen LogP contribution in [0.1, 0.15) is 26.7 Å². The Morgan fingerprint density at radius 2 is 2.00 bits per heavy atom. The molecule has 0 saturated carbocycles. The molecule has 16 heavy (non-hydrogen) atoms. The van der Waals surface area contributed by atoms with Crippen molar-refractivity contribution in [3.05, 3.63) is 0 Å². The molecule has 0 heterocycles. The number of nitrogens with one attached hydrogen (secondary N) is 2. The van der Waals surface area contributed by atoms with Crippen molar-refractivity contribution in [2.45, 2.75) is 32.7 Å². The van der Waals surface area contributed by atoms with Crippen LogP contribution in [0.2, 0.25) is 0 Å². The lowest BCUT2D eigenvalue weighted by atomic mass is 10.2. The highest BCUT2D eigenvalue weighted by Crippen LogP contribution is 1.92. The molecule has 0 rings (SSSR count). The number of amides is 1. The van der Waals surface area contributed by atoms with Crippen LogP contribution in [0.4, 0.5) is 0 Å². The van der Waals surface area contributed by atoms with E-state index in [1.807, 2.05) is 6.92 Å². The number of carbonyl (C=O) groups excluding carboxylic acids is 1. The summed E-state index contributed by atoms with van der Waals surface area (Å²) < 4.78 is 24.8. The van der Waals surface area contributed by atoms with E-state index in [4.69, 9.17) is 5.73 Å². The summed E-state index contributed by atoms with van der Waals surface area (Å²) in [6.07, 6.45) is 1.43. The van der Waals surface area contributed by atoms with Crippen LogP contribution in [0.15, 0.2) is 0 Å². The van der Waals surface area contributed by atoms with Gasteiger partial charge in [-0.1, -0.05) is 20.3 Å². The highest BCUT2D eigenvalue weighted by molar-refractivity contribution is 7.89. The third-order valence-corrected chi connectivity index (χ3v) is 3.44. The van der Waals surface area contributed by atoms with Gasteiger partial charge < -0.3 is 11.1 Å². The molecule has 96 valence electrons. The Balaban J connectivity index is 3.86. The molecule has 4 N–H and O–H groups in total. The number of hydrogen-bond acceptors (Lipinski definition) is 4. The fraction of sp³-hybridized carbons (Fsp3) is 0.889. The van der Waals surface area contributed by atoms with E-state index in [9.17, 15) is 13.2 Å². The van der Waals surface area contributed by atoms with Gasteiger partial charge in [0.1, 0.15) is 0 Å². The Morgan fingerprint density at radius 3 is 2.50 bits per heavy atom. The van der Waals surface area contributed by atoms with Crippen LogP contribution in [0.5, 0.6) is 0 Å². The summed E-state index contributed by atoms with van der Waals surface area (Å²) in [6, 6.07) is -0.549. The van der Waals surface area contributed by atoms with Crippen molar-refractivity contribution in [1.82, 2.24) is 10.0 Å². The molecule has 0 aromatic rings. The van der Waals surface area contributed by atoms with Crippen LogP contribution in [-0.4, -0.2) is 39.2 Å². The Bertz CT molecular complexity index is 303. The minimum atomic E-state index is -3.27. The lowest BCUT2D eigenvalue weighted by Gasteiger charge is -2.11. The zero-order valence-electron chi connectivity index (χ0n) is 9.82. The van der Waals surface area contributed by atoms with Gasteiger partial charge in [-0.25, -0.2) is 13.1 Å². The zero-order valence-corrected chi connectivity index (χ0v) is 10.6. The molecule has 1 atom stereocenters. The topological polar surface area (TPSA) is 101 Å². The van der Waals surface area contributed by atoms with Gasteiger partial charge in [0.25, 0.3) is 0 Å². The molecule has 0 aliphatic carbocycles. The van der Waals surface area contributed by atoms with Crippen molar-refractivity contribution >= 4 is 15.9 Å². The second-order valence-corrected chi connectivity index (χ2v) is 5.43. The second-order valence-electron chi connectivity index (χ2n) is 3.50. The molecular weight excluding hydrogens is 230 g/mol. The van der Waals surface area contributed by atoms with Crippen molar-refractivity contribution in [3.63, 3.8) is 0 Å². The van der Waals surface area contributed by atoms with Crippen LogP contribution in [-0.2, 0) is 14.8 Å². The maximum Gasteiger partial charge on any atom is 0.236 e. The number of nitrogens with two attached hydrogens (primary N) is 1. The summed E-state index contributed by atoms with van der Waals surface area (Å²) >= 11 is 0. The van der Waals surface area contributed by atoms with Gasteiger partial charge in [0, 0.05) is 13.1 Å². The van der Waals surface area contributed by atoms with E-state index in [2.05, 4.69) is 10.0 Å². The molecular formula is C9H21N3O3S. The number of carbonyl (C=O) groups is 1. The van der Waals surface area contributed by atoms with E-state index in [1.54, 1.807) is 6.92 Å². The lowest BCUT2D eigenvalue weighted by molar-refractivity contribution is -0.122. The van der Waals surface area contributed by atoms with Crippen LogP contribution in [0.3, 0.4) is 0 Å². The molecule has 0 aliphatic heterocycles. The maximum absolute atomic E-state index is 11.3. The first kappa shape index (κ1) is 15.3. The fourth-order valence-electron chi connectivity index (χ4n) is 1.17. The highest BCUT2D eigenvalue weighted by atomic mass is 32.2. The fourth-order valence-corrected chi connectivity index (χ4v) is 2.13. The van der Waals surface area contributed by atoms with Gasteiger partial charge in [0.15, 0.2) is 0 Å². The summed E-state index contributed by atoms with van der Waals surface area (Å²) in [4.78, 5) is 11.3. The van der Waals surface area contributed by atoms with Crippen LogP contribution in [0.25, 0.3) is 0 Å². The highest BCUT2D eigenvalue weighted by Gasteiger charge is 2.13. The summed E-state index contributed by atoms with van der Waals surface area (Å²) in [6.45, 7) is 4.08. The summed E-state index contributed by atoms with van der Waals surface area (Å²) in [5.74, 6) is -0.417. The van der Waals surface area contributed by atoms with Gasteiger partial charge in [0.2, 0.25) is 15.9 Å². The van der Waals surface area contributed by atoms with Gasteiger partial charge in [-0.15, -0.1) is 0 Å². The lowest BCUT2D eigenvalue weighted by Crippen LogP contribution is -2.43. The average Bonchev–Trinajstić information content (AvgIpc) is 2.17. The molecule has 1 amide bonds. The molecule has 0 saturated heterocycles. The molecule has 6 nitrogen and oxygen atoms in total. The first-order valence-corrected chi connectivity index (χ1v) is 7.08. The standard InChI is InChI=1S/C9H21N3O3S/c1-3-5-8(10)9(13)11-6-7-16(14,15)12-4-2/h8,12H,3-7,10H2,1-2H3,(H,11,13)/t8-/m0/s1. The van der Waals surface area contributed by atoms with E-state index < -0.39 is 16.1 Å². The molecule has 7 heteroatoms. The van der Waals surface area contributed by atoms with Gasteiger partial charge in [-0.2, -0.15) is 0 Å². The van der Waals surface area contributed by atoms with E-state index in [0.717, 1.165) is 6.42 Å². The maximum atomic E-state index is 11.3. The molecule has 0 spiro atoms. The van der Waals surface area contributed by atoms with Crippen molar-refractivity contribution in [2.75, 3.05) is 18.8 Å². The number of hydrogen-bond donors (Lipinski definition) is 3. The molecule has 0 aromatic heterocycles. The van der Waals surface area contributed by atoms with E-state index in [-0.39, 0.29) is 18.2 Å². The summed E-state index contributed by atoms with van der Waals surface area (Å²) in [5.41, 5.74) is 5.56. The predicted molar refractivity (Wildman–Crippen MR) is 63.4 cm³/mol. The van der Waals surface area contributed by atoms with Gasteiger partial charge in [-0.3, -0.25) is 4.79 Å². The number of rotatable bonds is 8.